The Morgan fingerprint density at radius 1 is 1.39 bits per heavy atom. The summed E-state index contributed by atoms with van der Waals surface area (Å²) in [6, 6.07) is 8.54. The van der Waals surface area contributed by atoms with Crippen molar-refractivity contribution < 1.29 is 8.42 Å². The zero-order chi connectivity index (χ0) is 13.0. The highest BCUT2D eigenvalue weighted by Crippen LogP contribution is 2.19. The third kappa shape index (κ3) is 3.25. The topological polar surface area (TPSA) is 70.0 Å². The third-order valence-corrected chi connectivity index (χ3v) is 5.47. The van der Waals surface area contributed by atoms with Gasteiger partial charge in [0.25, 0.3) is 0 Å². The lowest BCUT2D eigenvalue weighted by atomic mass is 10.2. The van der Waals surface area contributed by atoms with Crippen molar-refractivity contribution in [3.8, 4) is 6.07 Å². The molecular weight excluding hydrogens is 268 g/mol. The smallest absolute Gasteiger partial charge is 0.207 e. The van der Waals surface area contributed by atoms with Gasteiger partial charge in [0.15, 0.2) is 0 Å². The van der Waals surface area contributed by atoms with E-state index in [4.69, 9.17) is 5.26 Å². The van der Waals surface area contributed by atoms with E-state index in [1.165, 1.54) is 0 Å². The predicted octanol–water partition coefficient (Wildman–Crippen LogP) is 1.54. The number of sulfonamides is 1. The number of thioether (sulfide) groups is 1. The van der Waals surface area contributed by atoms with Crippen LogP contribution in [-0.2, 0) is 16.4 Å². The van der Waals surface area contributed by atoms with Crippen LogP contribution in [0, 0.1) is 11.3 Å². The molecule has 0 spiro atoms. The second-order valence-corrected chi connectivity index (χ2v) is 7.02. The van der Waals surface area contributed by atoms with Crippen molar-refractivity contribution >= 4 is 21.8 Å². The van der Waals surface area contributed by atoms with Crippen molar-refractivity contribution in [2.75, 3.05) is 11.5 Å². The number of nitrogens with one attached hydrogen (secondary N) is 1. The van der Waals surface area contributed by atoms with Crippen molar-refractivity contribution in [2.24, 2.45) is 0 Å². The van der Waals surface area contributed by atoms with Crippen LogP contribution in [-0.4, -0.2) is 26.0 Å². The lowest BCUT2D eigenvalue weighted by molar-refractivity contribution is 0.563. The van der Waals surface area contributed by atoms with E-state index in [1.54, 1.807) is 36.0 Å². The molecule has 0 radical (unpaired) electrons. The highest BCUT2D eigenvalue weighted by molar-refractivity contribution is 7.99. The number of rotatable bonds is 4. The van der Waals surface area contributed by atoms with E-state index in [2.05, 4.69) is 4.72 Å². The Labute approximate surface area is 111 Å². The zero-order valence-electron chi connectivity index (χ0n) is 9.80. The van der Waals surface area contributed by atoms with Gasteiger partial charge in [0.05, 0.1) is 17.4 Å². The maximum Gasteiger partial charge on any atom is 0.240 e. The summed E-state index contributed by atoms with van der Waals surface area (Å²) in [5, 5.41) is 8.56. The summed E-state index contributed by atoms with van der Waals surface area (Å²) in [5.74, 6) is 1.85. The normalized spacial score (nSPS) is 19.6. The first kappa shape index (κ1) is 13.4. The summed E-state index contributed by atoms with van der Waals surface area (Å²) in [6.07, 6.45) is 1.18. The second kappa shape index (κ2) is 5.74. The highest BCUT2D eigenvalue weighted by Gasteiger charge is 2.22. The molecule has 4 nitrogen and oxygen atoms in total. The fraction of sp³-hybridized carbons (Fsp3) is 0.417. The predicted molar refractivity (Wildman–Crippen MR) is 71.8 cm³/mol. The van der Waals surface area contributed by atoms with Gasteiger partial charge in [-0.3, -0.25) is 0 Å². The molecule has 0 aliphatic carbocycles. The van der Waals surface area contributed by atoms with E-state index in [9.17, 15) is 8.42 Å². The molecular formula is C12H14N2O2S2. The molecule has 1 aliphatic rings. The van der Waals surface area contributed by atoms with Crippen LogP contribution in [0.15, 0.2) is 29.2 Å². The minimum atomic E-state index is -3.42. The molecule has 1 N–H and O–H groups in total. The van der Waals surface area contributed by atoms with Gasteiger partial charge in [-0.25, -0.2) is 13.1 Å². The molecule has 1 saturated heterocycles. The number of benzene rings is 1. The number of hydrogen-bond donors (Lipinski definition) is 1. The first-order valence-corrected chi connectivity index (χ1v) is 8.31. The molecule has 1 unspecified atom stereocenters. The minimum absolute atomic E-state index is 0.0405. The van der Waals surface area contributed by atoms with Crippen LogP contribution >= 0.6 is 11.8 Å². The van der Waals surface area contributed by atoms with Crippen LogP contribution in [0.25, 0.3) is 0 Å². The Bertz CT molecular complexity index is 540. The molecule has 2 rings (SSSR count). The van der Waals surface area contributed by atoms with Gasteiger partial charge in [0.2, 0.25) is 10.0 Å². The molecule has 0 bridgehead atoms. The molecule has 96 valence electrons. The van der Waals surface area contributed by atoms with E-state index < -0.39 is 10.0 Å². The van der Waals surface area contributed by atoms with Crippen LogP contribution < -0.4 is 4.72 Å². The van der Waals surface area contributed by atoms with Crippen LogP contribution in [0.1, 0.15) is 12.0 Å². The van der Waals surface area contributed by atoms with E-state index in [0.717, 1.165) is 23.5 Å². The molecule has 0 amide bonds. The summed E-state index contributed by atoms with van der Waals surface area (Å²) in [7, 11) is -3.42. The molecule has 1 aromatic carbocycles. The fourth-order valence-electron chi connectivity index (χ4n) is 1.79. The van der Waals surface area contributed by atoms with Gasteiger partial charge >= 0.3 is 0 Å². The molecule has 1 fully saturated rings. The average Bonchev–Trinajstić information content (AvgIpc) is 2.82. The fourth-order valence-corrected chi connectivity index (χ4v) is 4.32. The quantitative estimate of drug-likeness (QED) is 0.909. The van der Waals surface area contributed by atoms with Crippen molar-refractivity contribution in [2.45, 2.75) is 23.8 Å². The standard InChI is InChI=1S/C12H14N2O2S2/c13-7-5-10-1-3-12(4-2-10)18(15,16)14-11-6-8-17-9-11/h1-4,11,14H,5-6,8-9H2. The third-order valence-electron chi connectivity index (χ3n) is 2.77. The minimum Gasteiger partial charge on any atom is -0.207 e. The summed E-state index contributed by atoms with van der Waals surface area (Å²) in [5.41, 5.74) is 0.827. The monoisotopic (exact) mass is 282 g/mol. The Morgan fingerprint density at radius 2 is 2.11 bits per heavy atom. The lowest BCUT2D eigenvalue weighted by Gasteiger charge is -2.12. The number of hydrogen-bond acceptors (Lipinski definition) is 4. The molecule has 18 heavy (non-hydrogen) atoms. The molecule has 0 saturated carbocycles. The average molecular weight is 282 g/mol. The van der Waals surface area contributed by atoms with Gasteiger partial charge in [-0.15, -0.1) is 0 Å². The SMILES string of the molecule is N#CCc1ccc(S(=O)(=O)NC2CCSC2)cc1. The Morgan fingerprint density at radius 3 is 2.67 bits per heavy atom. The Hall–Kier alpha value is -1.03. The van der Waals surface area contributed by atoms with Gasteiger partial charge in [0, 0.05) is 11.8 Å². The second-order valence-electron chi connectivity index (χ2n) is 4.16. The molecule has 1 aliphatic heterocycles. The van der Waals surface area contributed by atoms with Gasteiger partial charge in [-0.05, 0) is 29.9 Å². The van der Waals surface area contributed by atoms with Crippen LogP contribution in [0.4, 0.5) is 0 Å². The number of nitriles is 1. The number of nitrogens with zero attached hydrogens (tertiary/aromatic N) is 1. The Balaban J connectivity index is 2.11. The van der Waals surface area contributed by atoms with Crippen LogP contribution in [0.2, 0.25) is 0 Å². The maximum atomic E-state index is 12.1. The first-order chi connectivity index (χ1) is 8.62. The summed E-state index contributed by atoms with van der Waals surface area (Å²) < 4.78 is 26.9. The van der Waals surface area contributed by atoms with Gasteiger partial charge in [-0.1, -0.05) is 12.1 Å². The zero-order valence-corrected chi connectivity index (χ0v) is 11.4. The molecule has 0 aromatic heterocycles. The van der Waals surface area contributed by atoms with Gasteiger partial charge < -0.3 is 0 Å². The van der Waals surface area contributed by atoms with E-state index in [0.29, 0.717) is 6.42 Å². The van der Waals surface area contributed by atoms with Crippen LogP contribution in [0.3, 0.4) is 0 Å². The highest BCUT2D eigenvalue weighted by atomic mass is 32.2. The molecule has 1 atom stereocenters. The van der Waals surface area contributed by atoms with Crippen molar-refractivity contribution in [1.82, 2.24) is 4.72 Å². The van der Waals surface area contributed by atoms with E-state index in [1.807, 2.05) is 6.07 Å². The van der Waals surface area contributed by atoms with E-state index in [-0.39, 0.29) is 10.9 Å². The van der Waals surface area contributed by atoms with E-state index >= 15 is 0 Å². The maximum absolute atomic E-state index is 12.1. The van der Waals surface area contributed by atoms with Gasteiger partial charge in [0.1, 0.15) is 0 Å². The first-order valence-electron chi connectivity index (χ1n) is 5.68. The Kier molecular flexibility index (Phi) is 4.27. The summed E-state index contributed by atoms with van der Waals surface area (Å²) >= 11 is 1.76. The van der Waals surface area contributed by atoms with Gasteiger partial charge in [-0.2, -0.15) is 17.0 Å². The van der Waals surface area contributed by atoms with Crippen molar-refractivity contribution in [3.63, 3.8) is 0 Å². The van der Waals surface area contributed by atoms with Crippen LogP contribution in [0.5, 0.6) is 0 Å². The summed E-state index contributed by atoms with van der Waals surface area (Å²) in [4.78, 5) is 0.265. The molecule has 6 heteroatoms. The van der Waals surface area contributed by atoms with Crippen molar-refractivity contribution in [1.29, 1.82) is 5.26 Å². The molecule has 1 heterocycles. The molecule has 1 aromatic rings. The largest absolute Gasteiger partial charge is 0.240 e. The summed E-state index contributed by atoms with van der Waals surface area (Å²) in [6.45, 7) is 0. The van der Waals surface area contributed by atoms with Crippen molar-refractivity contribution in [3.05, 3.63) is 29.8 Å². The lowest BCUT2D eigenvalue weighted by Crippen LogP contribution is -2.34.